The molecule has 21 heavy (non-hydrogen) atoms. The molecule has 2 saturated carbocycles. The van der Waals surface area contributed by atoms with Crippen molar-refractivity contribution >= 4 is 0 Å². The summed E-state index contributed by atoms with van der Waals surface area (Å²) in [4.78, 5) is 0. The molecule has 0 bridgehead atoms. The molecule has 3 fully saturated rings. The fraction of sp³-hybridized carbons (Fsp3) is 0.875. The second-order valence-electron chi connectivity index (χ2n) is 7.17. The van der Waals surface area contributed by atoms with Gasteiger partial charge in [-0.1, -0.05) is 18.1 Å². The summed E-state index contributed by atoms with van der Waals surface area (Å²) in [5, 5.41) is 12.0. The molecule has 0 amide bonds. The first-order valence-electron chi connectivity index (χ1n) is 8.59. The Kier molecular flexibility index (Phi) is 3.71. The highest BCUT2D eigenvalue weighted by molar-refractivity contribution is 4.95. The van der Waals surface area contributed by atoms with Gasteiger partial charge in [-0.25, -0.2) is 4.68 Å². The minimum atomic E-state index is 0.222. The van der Waals surface area contributed by atoms with E-state index >= 15 is 0 Å². The Labute approximate surface area is 126 Å². The van der Waals surface area contributed by atoms with Crippen LogP contribution in [0.4, 0.5) is 0 Å². The van der Waals surface area contributed by atoms with Gasteiger partial charge in [0.25, 0.3) is 0 Å². The number of aromatic nitrogens is 3. The van der Waals surface area contributed by atoms with Crippen molar-refractivity contribution in [3.63, 3.8) is 0 Å². The van der Waals surface area contributed by atoms with Crippen LogP contribution < -0.4 is 5.32 Å². The highest BCUT2D eigenvalue weighted by Crippen LogP contribution is 2.43. The minimum Gasteiger partial charge on any atom is -0.370 e. The van der Waals surface area contributed by atoms with Crippen LogP contribution in [-0.4, -0.2) is 33.2 Å². The van der Waals surface area contributed by atoms with E-state index in [0.717, 1.165) is 31.2 Å². The zero-order valence-electron chi connectivity index (χ0n) is 12.8. The second-order valence-corrected chi connectivity index (χ2v) is 7.17. The molecular weight excluding hydrogens is 264 g/mol. The third-order valence-corrected chi connectivity index (χ3v) is 5.27. The Balaban J connectivity index is 1.26. The van der Waals surface area contributed by atoms with Gasteiger partial charge < -0.3 is 10.1 Å². The molecule has 2 aliphatic carbocycles. The maximum Gasteiger partial charge on any atom is 0.0964 e. The number of hydrogen-bond acceptors (Lipinski definition) is 4. The molecule has 1 aliphatic heterocycles. The van der Waals surface area contributed by atoms with Crippen LogP contribution in [0.15, 0.2) is 6.20 Å². The first kappa shape index (κ1) is 13.7. The molecule has 1 aromatic rings. The molecule has 1 atom stereocenters. The maximum atomic E-state index is 6.34. The predicted molar refractivity (Wildman–Crippen MR) is 79.8 cm³/mol. The topological polar surface area (TPSA) is 52.0 Å². The molecule has 4 rings (SSSR count). The smallest absolute Gasteiger partial charge is 0.0964 e. The monoisotopic (exact) mass is 290 g/mol. The van der Waals surface area contributed by atoms with Gasteiger partial charge in [-0.2, -0.15) is 0 Å². The third kappa shape index (κ3) is 3.29. The van der Waals surface area contributed by atoms with E-state index in [1.54, 1.807) is 0 Å². The van der Waals surface area contributed by atoms with Gasteiger partial charge in [0.15, 0.2) is 0 Å². The Hall–Kier alpha value is -0.940. The van der Waals surface area contributed by atoms with E-state index in [1.165, 1.54) is 51.4 Å². The number of rotatable bonds is 6. The van der Waals surface area contributed by atoms with E-state index in [-0.39, 0.29) is 5.60 Å². The predicted octanol–water partition coefficient (Wildman–Crippen LogP) is 2.27. The standard InChI is InChI=1S/C16H26N4O/c1-2-7-16(6-1)8-5-15(21-16)12-20-11-14(18-19-20)10-17-9-13-3-4-13/h11,13,15,17H,1-10,12H2. The molecule has 3 aliphatic rings. The van der Waals surface area contributed by atoms with Crippen LogP contribution in [0.1, 0.15) is 57.1 Å². The first-order valence-corrected chi connectivity index (χ1v) is 8.59. The van der Waals surface area contributed by atoms with Crippen LogP contribution in [-0.2, 0) is 17.8 Å². The summed E-state index contributed by atoms with van der Waals surface area (Å²) in [5.74, 6) is 0.912. The van der Waals surface area contributed by atoms with Gasteiger partial charge in [0, 0.05) is 12.7 Å². The van der Waals surface area contributed by atoms with E-state index in [4.69, 9.17) is 4.74 Å². The van der Waals surface area contributed by atoms with Gasteiger partial charge in [0.2, 0.25) is 0 Å². The maximum absolute atomic E-state index is 6.34. The molecule has 5 nitrogen and oxygen atoms in total. The second kappa shape index (κ2) is 5.69. The lowest BCUT2D eigenvalue weighted by atomic mass is 9.98. The molecule has 5 heteroatoms. The molecule has 1 saturated heterocycles. The summed E-state index contributed by atoms with van der Waals surface area (Å²) in [6.45, 7) is 2.82. The molecule has 1 spiro atoms. The Morgan fingerprint density at radius 3 is 2.90 bits per heavy atom. The highest BCUT2D eigenvalue weighted by Gasteiger charge is 2.42. The van der Waals surface area contributed by atoms with Gasteiger partial charge in [-0.3, -0.25) is 0 Å². The summed E-state index contributed by atoms with van der Waals surface area (Å²) in [6.07, 6.45) is 12.8. The average molecular weight is 290 g/mol. The van der Waals surface area contributed by atoms with Gasteiger partial charge in [-0.05, 0) is 51.0 Å². The Bertz CT molecular complexity index is 476. The molecule has 1 unspecified atom stereocenters. The van der Waals surface area contributed by atoms with Crippen LogP contribution >= 0.6 is 0 Å². The fourth-order valence-electron chi connectivity index (χ4n) is 3.85. The largest absolute Gasteiger partial charge is 0.370 e. The van der Waals surface area contributed by atoms with Gasteiger partial charge in [0.1, 0.15) is 0 Å². The molecule has 1 aromatic heterocycles. The van der Waals surface area contributed by atoms with E-state index < -0.39 is 0 Å². The average Bonchev–Trinajstić information content (AvgIpc) is 2.90. The first-order chi connectivity index (χ1) is 10.3. The number of nitrogens with one attached hydrogen (secondary N) is 1. The van der Waals surface area contributed by atoms with Crippen molar-refractivity contribution in [3.05, 3.63) is 11.9 Å². The van der Waals surface area contributed by atoms with Crippen LogP contribution in [0, 0.1) is 5.92 Å². The molecular formula is C16H26N4O. The molecule has 116 valence electrons. The quantitative estimate of drug-likeness (QED) is 0.873. The van der Waals surface area contributed by atoms with Crippen molar-refractivity contribution in [2.24, 2.45) is 5.92 Å². The van der Waals surface area contributed by atoms with Crippen molar-refractivity contribution in [1.82, 2.24) is 20.3 Å². The molecule has 2 heterocycles. The lowest BCUT2D eigenvalue weighted by Gasteiger charge is -2.23. The summed E-state index contributed by atoms with van der Waals surface area (Å²) in [5.41, 5.74) is 1.27. The number of ether oxygens (including phenoxy) is 1. The third-order valence-electron chi connectivity index (χ3n) is 5.27. The summed E-state index contributed by atoms with van der Waals surface area (Å²) in [7, 11) is 0. The van der Waals surface area contributed by atoms with Crippen molar-refractivity contribution < 1.29 is 4.74 Å². The summed E-state index contributed by atoms with van der Waals surface area (Å²) < 4.78 is 8.30. The zero-order chi connectivity index (χ0) is 14.1. The SMILES string of the molecule is c1c(CNCC2CC2)nnn1CC1CCC2(CCCC2)O1. The van der Waals surface area contributed by atoms with E-state index in [2.05, 4.69) is 21.8 Å². The highest BCUT2D eigenvalue weighted by atomic mass is 16.5. The van der Waals surface area contributed by atoms with Crippen molar-refractivity contribution in [1.29, 1.82) is 0 Å². The molecule has 0 radical (unpaired) electrons. The van der Waals surface area contributed by atoms with Crippen LogP contribution in [0.25, 0.3) is 0 Å². The number of nitrogens with zero attached hydrogens (tertiary/aromatic N) is 3. The van der Waals surface area contributed by atoms with Gasteiger partial charge in [0.05, 0.1) is 23.9 Å². The van der Waals surface area contributed by atoms with Crippen LogP contribution in [0.2, 0.25) is 0 Å². The van der Waals surface area contributed by atoms with Gasteiger partial charge >= 0.3 is 0 Å². The Morgan fingerprint density at radius 2 is 2.10 bits per heavy atom. The lowest BCUT2D eigenvalue weighted by molar-refractivity contribution is -0.0430. The number of hydrogen-bond donors (Lipinski definition) is 1. The van der Waals surface area contributed by atoms with Crippen molar-refractivity contribution in [2.75, 3.05) is 6.54 Å². The molecule has 1 N–H and O–H groups in total. The molecule has 0 aromatic carbocycles. The van der Waals surface area contributed by atoms with Crippen LogP contribution in [0.5, 0.6) is 0 Å². The summed E-state index contributed by atoms with van der Waals surface area (Å²) in [6, 6.07) is 0. The zero-order valence-corrected chi connectivity index (χ0v) is 12.8. The van der Waals surface area contributed by atoms with Crippen LogP contribution in [0.3, 0.4) is 0 Å². The van der Waals surface area contributed by atoms with E-state index in [0.29, 0.717) is 6.10 Å². The van der Waals surface area contributed by atoms with E-state index in [9.17, 15) is 0 Å². The minimum absolute atomic E-state index is 0.222. The summed E-state index contributed by atoms with van der Waals surface area (Å²) >= 11 is 0. The Morgan fingerprint density at radius 1 is 1.24 bits per heavy atom. The fourth-order valence-corrected chi connectivity index (χ4v) is 3.85. The van der Waals surface area contributed by atoms with Gasteiger partial charge in [-0.15, -0.1) is 5.10 Å². The normalized spacial score (nSPS) is 27.7. The van der Waals surface area contributed by atoms with Crippen molar-refractivity contribution in [3.8, 4) is 0 Å². The van der Waals surface area contributed by atoms with E-state index in [1.807, 2.05) is 4.68 Å². The van der Waals surface area contributed by atoms with Crippen molar-refractivity contribution in [2.45, 2.75) is 76.2 Å². The lowest BCUT2D eigenvalue weighted by Crippen LogP contribution is -2.26.